The quantitative estimate of drug-likeness (QED) is 0.521. The van der Waals surface area contributed by atoms with E-state index in [-0.39, 0.29) is 23.1 Å². The third-order valence-electron chi connectivity index (χ3n) is 5.78. The molecule has 1 aromatic carbocycles. The molecule has 1 N–H and O–H groups in total. The highest BCUT2D eigenvalue weighted by Gasteiger charge is 2.48. The monoisotopic (exact) mass is 515 g/mol. The van der Waals surface area contributed by atoms with Crippen molar-refractivity contribution in [3.8, 4) is 5.82 Å². The summed E-state index contributed by atoms with van der Waals surface area (Å²) >= 11 is 0. The minimum atomic E-state index is -4.92. The Morgan fingerprint density at radius 3 is 2.60 bits per heavy atom. The van der Waals surface area contributed by atoms with Gasteiger partial charge in [-0.15, -0.1) is 5.10 Å². The molecular formula is C21H18F5N5O3S. The molecule has 0 saturated carbocycles. The van der Waals surface area contributed by atoms with Crippen LogP contribution < -0.4 is 5.32 Å². The lowest BCUT2D eigenvalue weighted by Gasteiger charge is -2.18. The number of hydrogen-bond acceptors (Lipinski definition) is 6. The summed E-state index contributed by atoms with van der Waals surface area (Å²) in [7, 11) is -3.47. The van der Waals surface area contributed by atoms with E-state index in [1.54, 1.807) is 0 Å². The Hall–Kier alpha value is -3.42. The second-order valence-electron chi connectivity index (χ2n) is 8.20. The van der Waals surface area contributed by atoms with Crippen LogP contribution in [0.4, 0.5) is 27.6 Å². The molecule has 1 atom stereocenters. The summed E-state index contributed by atoms with van der Waals surface area (Å²) < 4.78 is 91.8. The van der Waals surface area contributed by atoms with Gasteiger partial charge in [0.15, 0.2) is 27.3 Å². The van der Waals surface area contributed by atoms with Crippen LogP contribution in [0, 0.1) is 11.6 Å². The summed E-state index contributed by atoms with van der Waals surface area (Å²) in [6.45, 7) is 1.50. The maximum absolute atomic E-state index is 14.7. The van der Waals surface area contributed by atoms with E-state index in [1.165, 1.54) is 6.92 Å². The first kappa shape index (κ1) is 24.7. The van der Waals surface area contributed by atoms with E-state index in [2.05, 4.69) is 20.4 Å². The van der Waals surface area contributed by atoms with Gasteiger partial charge >= 0.3 is 6.18 Å². The Balaban J connectivity index is 1.50. The van der Waals surface area contributed by atoms with Gasteiger partial charge in [0, 0.05) is 6.07 Å². The van der Waals surface area contributed by atoms with Crippen molar-refractivity contribution >= 4 is 21.4 Å². The van der Waals surface area contributed by atoms with Gasteiger partial charge in [0.25, 0.3) is 0 Å². The molecule has 0 bridgehead atoms. The highest BCUT2D eigenvalue weighted by molar-refractivity contribution is 7.92. The summed E-state index contributed by atoms with van der Waals surface area (Å²) in [5.41, 5.74) is -2.10. The Morgan fingerprint density at radius 1 is 1.23 bits per heavy atom. The largest absolute Gasteiger partial charge is 0.419 e. The SMILES string of the molecule is CC1(c2ncn(-c3ncc(NC(=O)Cc4cccc(C(F)(F)F)c4F)cc3F)n2)CCCS1(=O)=O. The highest BCUT2D eigenvalue weighted by atomic mass is 32.2. The smallest absolute Gasteiger partial charge is 0.324 e. The standard InChI is InChI=1S/C21H18F5N5O3S/c1-20(6-3-7-35(20,33)34)19-28-11-31(30-19)18-15(22)9-13(10-27-18)29-16(32)8-12-4-2-5-14(17(12)23)21(24,25)26/h2,4-5,9-11H,3,6-8H2,1H3,(H,29,32). The molecular weight excluding hydrogens is 497 g/mol. The zero-order valence-electron chi connectivity index (χ0n) is 18.1. The Bertz CT molecular complexity index is 1410. The predicted octanol–water partition coefficient (Wildman–Crippen LogP) is 3.56. The number of halogens is 5. The van der Waals surface area contributed by atoms with Gasteiger partial charge < -0.3 is 5.32 Å². The maximum Gasteiger partial charge on any atom is 0.419 e. The van der Waals surface area contributed by atoms with Crippen molar-refractivity contribution < 1.29 is 35.2 Å². The second kappa shape index (κ2) is 8.66. The molecule has 4 rings (SSSR count). The number of nitrogens with one attached hydrogen (secondary N) is 1. The van der Waals surface area contributed by atoms with Crippen LogP contribution in [0.3, 0.4) is 0 Å². The van der Waals surface area contributed by atoms with Gasteiger partial charge in [-0.3, -0.25) is 4.79 Å². The number of rotatable bonds is 5. The summed E-state index contributed by atoms with van der Waals surface area (Å²) in [5, 5.41) is 6.33. The van der Waals surface area contributed by atoms with Crippen molar-refractivity contribution in [2.45, 2.75) is 37.1 Å². The zero-order chi connectivity index (χ0) is 25.6. The number of anilines is 1. The zero-order valence-corrected chi connectivity index (χ0v) is 18.9. The maximum atomic E-state index is 14.7. The molecule has 14 heteroatoms. The number of carbonyl (C=O) groups is 1. The molecule has 2 aromatic heterocycles. The number of amides is 1. The van der Waals surface area contributed by atoms with E-state index in [9.17, 15) is 35.2 Å². The second-order valence-corrected chi connectivity index (χ2v) is 10.7. The van der Waals surface area contributed by atoms with Crippen molar-refractivity contribution in [3.63, 3.8) is 0 Å². The molecule has 1 saturated heterocycles. The van der Waals surface area contributed by atoms with Gasteiger partial charge in [0.1, 0.15) is 16.9 Å². The third-order valence-corrected chi connectivity index (χ3v) is 8.36. The first-order valence-electron chi connectivity index (χ1n) is 10.3. The van der Waals surface area contributed by atoms with Crippen LogP contribution >= 0.6 is 0 Å². The van der Waals surface area contributed by atoms with Crippen LogP contribution in [0.25, 0.3) is 5.82 Å². The van der Waals surface area contributed by atoms with Crippen LogP contribution in [0.15, 0.2) is 36.8 Å². The first-order chi connectivity index (χ1) is 16.3. The molecule has 3 aromatic rings. The molecule has 1 amide bonds. The number of benzene rings is 1. The van der Waals surface area contributed by atoms with Crippen LogP contribution in [0.2, 0.25) is 0 Å². The number of aromatic nitrogens is 4. The molecule has 3 heterocycles. The number of alkyl halides is 3. The fourth-order valence-corrected chi connectivity index (χ4v) is 5.62. The lowest BCUT2D eigenvalue weighted by molar-refractivity contribution is -0.140. The van der Waals surface area contributed by atoms with Gasteiger partial charge in [0.05, 0.1) is 29.6 Å². The first-order valence-corrected chi connectivity index (χ1v) is 11.9. The summed E-state index contributed by atoms with van der Waals surface area (Å²) in [4.78, 5) is 20.1. The van der Waals surface area contributed by atoms with Gasteiger partial charge in [-0.2, -0.15) is 17.9 Å². The van der Waals surface area contributed by atoms with Gasteiger partial charge in [-0.1, -0.05) is 12.1 Å². The predicted molar refractivity (Wildman–Crippen MR) is 113 cm³/mol. The molecule has 0 aliphatic carbocycles. The van der Waals surface area contributed by atoms with Crippen LogP contribution in [0.1, 0.15) is 36.7 Å². The minimum absolute atomic E-state index is 0.00342. The third kappa shape index (κ3) is 4.61. The fourth-order valence-electron chi connectivity index (χ4n) is 3.82. The molecule has 1 aliphatic rings. The van der Waals surface area contributed by atoms with Gasteiger partial charge in [0.2, 0.25) is 5.91 Å². The Morgan fingerprint density at radius 2 is 1.97 bits per heavy atom. The van der Waals surface area contributed by atoms with Crippen molar-refractivity contribution in [2.24, 2.45) is 0 Å². The lowest BCUT2D eigenvalue weighted by Crippen LogP contribution is -2.29. The van der Waals surface area contributed by atoms with Gasteiger partial charge in [-0.25, -0.2) is 27.2 Å². The number of hydrogen-bond donors (Lipinski definition) is 1. The van der Waals surface area contributed by atoms with Crippen LogP contribution in [-0.4, -0.2) is 39.8 Å². The molecule has 0 radical (unpaired) electrons. The Labute approximate surface area is 196 Å². The molecule has 8 nitrogen and oxygen atoms in total. The number of nitrogens with zero attached hydrogens (tertiary/aromatic N) is 4. The van der Waals surface area contributed by atoms with E-state index in [0.29, 0.717) is 18.9 Å². The molecule has 0 spiro atoms. The van der Waals surface area contributed by atoms with Crippen LogP contribution in [0.5, 0.6) is 0 Å². The summed E-state index contributed by atoms with van der Waals surface area (Å²) in [6, 6.07) is 3.47. The van der Waals surface area contributed by atoms with E-state index in [1.807, 2.05) is 0 Å². The lowest BCUT2D eigenvalue weighted by atomic mass is 10.1. The van der Waals surface area contributed by atoms with E-state index < -0.39 is 55.8 Å². The van der Waals surface area contributed by atoms with Crippen molar-refractivity contribution in [3.05, 3.63) is 65.4 Å². The average Bonchev–Trinajstić information content (AvgIpc) is 3.34. The van der Waals surface area contributed by atoms with Crippen molar-refractivity contribution in [1.29, 1.82) is 0 Å². The normalized spacial score (nSPS) is 19.6. The van der Waals surface area contributed by atoms with Crippen molar-refractivity contribution in [1.82, 2.24) is 19.7 Å². The molecule has 35 heavy (non-hydrogen) atoms. The topological polar surface area (TPSA) is 107 Å². The van der Waals surface area contributed by atoms with E-state index in [0.717, 1.165) is 35.4 Å². The van der Waals surface area contributed by atoms with Crippen molar-refractivity contribution in [2.75, 3.05) is 11.1 Å². The minimum Gasteiger partial charge on any atom is -0.324 e. The van der Waals surface area contributed by atoms with E-state index in [4.69, 9.17) is 0 Å². The van der Waals surface area contributed by atoms with Crippen LogP contribution in [-0.2, 0) is 32.0 Å². The molecule has 1 fully saturated rings. The van der Waals surface area contributed by atoms with Gasteiger partial charge in [-0.05, 0) is 31.4 Å². The molecule has 1 unspecified atom stereocenters. The number of sulfone groups is 1. The molecule has 186 valence electrons. The number of carbonyl (C=O) groups excluding carboxylic acids is 1. The molecule has 1 aliphatic heterocycles. The fraction of sp³-hybridized carbons (Fsp3) is 0.333. The highest BCUT2D eigenvalue weighted by Crippen LogP contribution is 2.39. The average molecular weight is 515 g/mol. The van der Waals surface area contributed by atoms with E-state index >= 15 is 0 Å². The number of pyridine rings is 1. The Kier molecular flexibility index (Phi) is 6.11. The summed E-state index contributed by atoms with van der Waals surface area (Å²) in [6.07, 6.45) is -2.67. The summed E-state index contributed by atoms with van der Waals surface area (Å²) in [5.74, 6) is -3.69.